The van der Waals surface area contributed by atoms with Crippen LogP contribution in [0, 0.1) is 0 Å². The Bertz CT molecular complexity index is 2760. The highest BCUT2D eigenvalue weighted by Crippen LogP contribution is 2.63. The molecule has 10 rings (SSSR count). The first-order valence-electron chi connectivity index (χ1n) is 18.6. The molecular weight excluding hydrogens is 691 g/mol. The van der Waals surface area contributed by atoms with Crippen molar-refractivity contribution in [2.75, 3.05) is 16.4 Å². The van der Waals surface area contributed by atoms with Gasteiger partial charge in [0.05, 0.1) is 22.5 Å². The Labute approximate surface area is 324 Å². The van der Waals surface area contributed by atoms with E-state index in [-0.39, 0.29) is 0 Å². The van der Waals surface area contributed by atoms with E-state index in [9.17, 15) is 0 Å². The molecule has 2 heterocycles. The van der Waals surface area contributed by atoms with E-state index < -0.39 is 11.6 Å². The van der Waals surface area contributed by atoms with Crippen LogP contribution in [0.15, 0.2) is 188 Å². The quantitative estimate of drug-likeness (QED) is 0.112. The van der Waals surface area contributed by atoms with Crippen LogP contribution < -0.4 is 21.1 Å². The lowest BCUT2D eigenvalue weighted by molar-refractivity contribution is 0.0228. The highest BCUT2D eigenvalue weighted by atomic mass is 16.6. The van der Waals surface area contributed by atoms with Crippen molar-refractivity contribution in [1.82, 2.24) is 0 Å². The van der Waals surface area contributed by atoms with Gasteiger partial charge in [-0.3, -0.25) is 0 Å². The second-order valence-electron chi connectivity index (χ2n) is 13.9. The van der Waals surface area contributed by atoms with Crippen LogP contribution in [-0.4, -0.2) is 5.97 Å². The lowest BCUT2D eigenvalue weighted by Crippen LogP contribution is -2.34. The Morgan fingerprint density at radius 3 is 1.64 bits per heavy atom. The molecule has 0 saturated heterocycles. The summed E-state index contributed by atoms with van der Waals surface area (Å²) in [5.74, 6) is 0.722. The number of anilines is 5. The number of hydrogen-bond acceptors (Lipinski definition) is 6. The van der Waals surface area contributed by atoms with Crippen LogP contribution in [0.25, 0.3) is 33.4 Å². The third-order valence-corrected chi connectivity index (χ3v) is 10.6. The molecule has 2 aliphatic heterocycles. The summed E-state index contributed by atoms with van der Waals surface area (Å²) in [5, 5.41) is 7.06. The third kappa shape index (κ3) is 5.30. The average molecular weight is 726 g/mol. The highest BCUT2D eigenvalue weighted by Gasteiger charge is 2.57. The molecule has 0 bridgehead atoms. The van der Waals surface area contributed by atoms with Gasteiger partial charge in [0.15, 0.2) is 5.60 Å². The number of fused-ring (bicyclic) bond motifs is 6. The molecule has 0 saturated carbocycles. The van der Waals surface area contributed by atoms with Crippen molar-refractivity contribution in [1.29, 1.82) is 0 Å². The molecule has 4 N–H and O–H groups in total. The fourth-order valence-corrected chi connectivity index (χ4v) is 8.27. The standard InChI is InChI=1S/C50H35N3O3/c51-47-43(34-18-7-2-8-19-34)42(33-16-5-1-6-17-33)46-44(48(47)53-36-22-11-4-12-23-36)49(54)56-50(46)39-25-13-14-26-40(39)55-41-27-15-24-38(45(41)50)32-28-30-37(31-29-32)52-35-20-9-3-10-21-35/h1-31,52-53H,51H2. The summed E-state index contributed by atoms with van der Waals surface area (Å²) in [6.45, 7) is 0. The van der Waals surface area contributed by atoms with Gasteiger partial charge in [-0.15, -0.1) is 0 Å². The zero-order valence-corrected chi connectivity index (χ0v) is 30.2. The number of rotatable bonds is 7. The minimum Gasteiger partial charge on any atom is -0.456 e. The minimum absolute atomic E-state index is 0.379. The van der Waals surface area contributed by atoms with E-state index in [1.807, 2.05) is 133 Å². The number of para-hydroxylation sites is 3. The van der Waals surface area contributed by atoms with Gasteiger partial charge in [0.25, 0.3) is 0 Å². The monoisotopic (exact) mass is 725 g/mol. The Balaban J connectivity index is 1.31. The van der Waals surface area contributed by atoms with Crippen LogP contribution >= 0.6 is 0 Å². The minimum atomic E-state index is -1.44. The van der Waals surface area contributed by atoms with Gasteiger partial charge in [0.1, 0.15) is 11.5 Å². The summed E-state index contributed by atoms with van der Waals surface area (Å²) in [7, 11) is 0. The molecule has 8 aromatic carbocycles. The zero-order chi connectivity index (χ0) is 37.6. The van der Waals surface area contributed by atoms with Gasteiger partial charge in [-0.25, -0.2) is 4.79 Å². The first kappa shape index (κ1) is 33.0. The predicted molar refractivity (Wildman–Crippen MR) is 225 cm³/mol. The molecule has 0 radical (unpaired) electrons. The average Bonchev–Trinajstić information content (AvgIpc) is 3.55. The summed E-state index contributed by atoms with van der Waals surface area (Å²) in [5.41, 5.74) is 17.3. The summed E-state index contributed by atoms with van der Waals surface area (Å²) >= 11 is 0. The zero-order valence-electron chi connectivity index (χ0n) is 30.2. The van der Waals surface area contributed by atoms with E-state index in [1.165, 1.54) is 0 Å². The number of benzene rings is 8. The van der Waals surface area contributed by atoms with Gasteiger partial charge < -0.3 is 25.8 Å². The fraction of sp³-hybridized carbons (Fsp3) is 0.0200. The number of carbonyl (C=O) groups is 1. The van der Waals surface area contributed by atoms with Crippen molar-refractivity contribution in [2.45, 2.75) is 5.60 Å². The third-order valence-electron chi connectivity index (χ3n) is 10.6. The molecule has 8 aromatic rings. The van der Waals surface area contributed by atoms with Crippen LogP contribution in [0.3, 0.4) is 0 Å². The molecule has 2 aliphatic rings. The van der Waals surface area contributed by atoms with Gasteiger partial charge in [0, 0.05) is 39.3 Å². The Morgan fingerprint density at radius 2 is 0.982 bits per heavy atom. The number of nitrogen functional groups attached to an aromatic ring is 1. The molecule has 0 fully saturated rings. The summed E-state index contributed by atoms with van der Waals surface area (Å²) in [6.07, 6.45) is 0. The molecule has 1 spiro atoms. The number of hydrogen-bond donors (Lipinski definition) is 3. The Kier molecular flexibility index (Phi) is 7.89. The molecular formula is C50H35N3O3. The van der Waals surface area contributed by atoms with Crippen molar-refractivity contribution < 1.29 is 14.3 Å². The van der Waals surface area contributed by atoms with Crippen molar-refractivity contribution in [2.24, 2.45) is 0 Å². The Morgan fingerprint density at radius 1 is 0.446 bits per heavy atom. The molecule has 1 unspecified atom stereocenters. The Hall–Kier alpha value is -7.57. The smallest absolute Gasteiger partial charge is 0.342 e. The summed E-state index contributed by atoms with van der Waals surface area (Å²) in [6, 6.07) is 62.3. The van der Waals surface area contributed by atoms with Crippen LogP contribution in [0.2, 0.25) is 0 Å². The second-order valence-corrected chi connectivity index (χ2v) is 13.9. The number of nitrogens with two attached hydrogens (primary N) is 1. The number of nitrogens with one attached hydrogen (secondary N) is 2. The molecule has 6 nitrogen and oxygen atoms in total. The number of ether oxygens (including phenoxy) is 2. The highest BCUT2D eigenvalue weighted by molar-refractivity contribution is 6.13. The lowest BCUT2D eigenvalue weighted by atomic mass is 9.70. The van der Waals surface area contributed by atoms with E-state index in [0.717, 1.165) is 61.6 Å². The summed E-state index contributed by atoms with van der Waals surface area (Å²) in [4.78, 5) is 15.1. The largest absolute Gasteiger partial charge is 0.456 e. The van der Waals surface area contributed by atoms with Crippen molar-refractivity contribution in [3.63, 3.8) is 0 Å². The van der Waals surface area contributed by atoms with Gasteiger partial charge in [-0.2, -0.15) is 0 Å². The van der Waals surface area contributed by atoms with Gasteiger partial charge in [0.2, 0.25) is 0 Å². The first-order chi connectivity index (χ1) is 27.6. The molecule has 0 aliphatic carbocycles. The number of esters is 1. The van der Waals surface area contributed by atoms with E-state index >= 15 is 4.79 Å². The topological polar surface area (TPSA) is 85.6 Å². The van der Waals surface area contributed by atoms with Crippen molar-refractivity contribution in [3.05, 3.63) is 210 Å². The SMILES string of the molecule is Nc1c(Nc2ccccc2)c2c(c(-c3ccccc3)c1-c1ccccc1)C1(OC2=O)c2ccccc2Oc2cccc(-c3ccc(Nc4ccccc4)cc3)c21. The lowest BCUT2D eigenvalue weighted by Gasteiger charge is -2.39. The molecule has 1 atom stereocenters. The fourth-order valence-electron chi connectivity index (χ4n) is 8.27. The molecule has 268 valence electrons. The van der Waals surface area contributed by atoms with Crippen LogP contribution in [0.1, 0.15) is 27.0 Å². The molecule has 0 amide bonds. The van der Waals surface area contributed by atoms with Gasteiger partial charge in [-0.1, -0.05) is 140 Å². The normalized spacial score (nSPS) is 14.9. The van der Waals surface area contributed by atoms with E-state index in [4.69, 9.17) is 15.2 Å². The predicted octanol–water partition coefficient (Wildman–Crippen LogP) is 12.3. The maximum absolute atomic E-state index is 15.1. The van der Waals surface area contributed by atoms with Crippen molar-refractivity contribution in [3.8, 4) is 44.9 Å². The molecule has 6 heteroatoms. The number of carbonyl (C=O) groups excluding carboxylic acids is 1. The maximum Gasteiger partial charge on any atom is 0.342 e. The van der Waals surface area contributed by atoms with E-state index in [2.05, 4.69) is 65.2 Å². The van der Waals surface area contributed by atoms with Crippen LogP contribution in [-0.2, 0) is 10.3 Å². The van der Waals surface area contributed by atoms with Gasteiger partial charge >= 0.3 is 5.97 Å². The second kappa shape index (κ2) is 13.4. The van der Waals surface area contributed by atoms with E-state index in [0.29, 0.717) is 34.0 Å². The maximum atomic E-state index is 15.1. The molecule has 56 heavy (non-hydrogen) atoms. The first-order valence-corrected chi connectivity index (χ1v) is 18.6. The van der Waals surface area contributed by atoms with Gasteiger partial charge in [-0.05, 0) is 70.8 Å². The van der Waals surface area contributed by atoms with Crippen LogP contribution in [0.5, 0.6) is 11.5 Å². The van der Waals surface area contributed by atoms with Crippen LogP contribution in [0.4, 0.5) is 28.4 Å². The molecule has 0 aromatic heterocycles. The van der Waals surface area contributed by atoms with E-state index in [1.54, 1.807) is 0 Å². The summed E-state index contributed by atoms with van der Waals surface area (Å²) < 4.78 is 13.8. The van der Waals surface area contributed by atoms with Crippen molar-refractivity contribution >= 4 is 34.4 Å².